The minimum absolute atomic E-state index is 0.00232. The molecule has 0 radical (unpaired) electrons. The molecule has 35 heavy (non-hydrogen) atoms. The van der Waals surface area contributed by atoms with Crippen LogP contribution in [0.2, 0.25) is 0 Å². The number of ether oxygens (including phenoxy) is 1. The molecule has 1 heterocycles. The Balaban J connectivity index is 1.20. The Kier molecular flexibility index (Phi) is 7.00. The fraction of sp³-hybridized carbons (Fsp3) is 0.444. The number of aliphatic carboxylic acids is 1. The van der Waals surface area contributed by atoms with Crippen LogP contribution in [0.25, 0.3) is 11.1 Å². The zero-order valence-corrected chi connectivity index (χ0v) is 20.3. The number of nitrogens with one attached hydrogen (secondary N) is 1. The zero-order chi connectivity index (χ0) is 24.4. The van der Waals surface area contributed by atoms with Gasteiger partial charge in [0.15, 0.2) is 0 Å². The van der Waals surface area contributed by atoms with Gasteiger partial charge in [-0.05, 0) is 41.0 Å². The summed E-state index contributed by atoms with van der Waals surface area (Å²) in [6.07, 6.45) is 3.39. The van der Waals surface area contributed by atoms with Gasteiger partial charge in [-0.3, -0.25) is 4.79 Å². The molecule has 1 aliphatic heterocycles. The molecular formula is C27H30N2O5S. The highest BCUT2D eigenvalue weighted by Gasteiger charge is 2.37. The van der Waals surface area contributed by atoms with Gasteiger partial charge in [-0.1, -0.05) is 61.4 Å². The second-order valence-corrected chi connectivity index (χ2v) is 10.5. The van der Waals surface area contributed by atoms with Crippen LogP contribution in [0, 0.1) is 5.92 Å². The predicted octanol–water partition coefficient (Wildman–Crippen LogP) is 4.46. The van der Waals surface area contributed by atoms with Crippen molar-refractivity contribution in [2.75, 3.05) is 18.2 Å². The van der Waals surface area contributed by atoms with Crippen molar-refractivity contribution in [2.45, 2.75) is 50.1 Å². The van der Waals surface area contributed by atoms with Crippen molar-refractivity contribution in [3.63, 3.8) is 0 Å². The summed E-state index contributed by atoms with van der Waals surface area (Å²) in [5.41, 5.74) is 4.70. The third kappa shape index (κ3) is 4.89. The number of alkyl carbamates (subject to hydrolysis) is 1. The topological polar surface area (TPSA) is 95.9 Å². The molecule has 3 unspecified atom stereocenters. The number of carbonyl (C=O) groups is 3. The fourth-order valence-electron chi connectivity index (χ4n) is 5.67. The summed E-state index contributed by atoms with van der Waals surface area (Å²) in [5, 5.41) is 12.4. The molecule has 2 aliphatic carbocycles. The van der Waals surface area contributed by atoms with Crippen LogP contribution in [-0.2, 0) is 14.3 Å². The van der Waals surface area contributed by atoms with E-state index < -0.39 is 18.1 Å². The molecule has 3 aliphatic rings. The molecule has 0 aromatic heterocycles. The average molecular weight is 495 g/mol. The van der Waals surface area contributed by atoms with Crippen LogP contribution in [0.4, 0.5) is 4.79 Å². The lowest BCUT2D eigenvalue weighted by Crippen LogP contribution is -2.46. The van der Waals surface area contributed by atoms with Gasteiger partial charge in [-0.2, -0.15) is 0 Å². The van der Waals surface area contributed by atoms with Gasteiger partial charge >= 0.3 is 12.1 Å². The third-order valence-corrected chi connectivity index (χ3v) is 8.49. The molecule has 2 aromatic carbocycles. The Labute approximate surface area is 209 Å². The first-order chi connectivity index (χ1) is 17.0. The van der Waals surface area contributed by atoms with Crippen LogP contribution in [-0.4, -0.2) is 58.3 Å². The van der Waals surface area contributed by atoms with E-state index in [1.54, 1.807) is 0 Å². The van der Waals surface area contributed by atoms with Crippen molar-refractivity contribution < 1.29 is 24.2 Å². The number of hydrogen-bond donors (Lipinski definition) is 2. The first kappa shape index (κ1) is 23.7. The molecule has 5 rings (SSSR count). The van der Waals surface area contributed by atoms with E-state index in [4.69, 9.17) is 4.74 Å². The Hall–Kier alpha value is -3.00. The zero-order valence-electron chi connectivity index (χ0n) is 19.5. The van der Waals surface area contributed by atoms with Crippen molar-refractivity contribution >= 4 is 29.7 Å². The molecule has 2 N–H and O–H groups in total. The molecule has 7 nitrogen and oxygen atoms in total. The molecule has 2 amide bonds. The van der Waals surface area contributed by atoms with Gasteiger partial charge in [-0.15, -0.1) is 11.8 Å². The number of benzene rings is 2. The van der Waals surface area contributed by atoms with Crippen molar-refractivity contribution in [1.29, 1.82) is 0 Å². The van der Waals surface area contributed by atoms with Crippen LogP contribution < -0.4 is 5.32 Å². The van der Waals surface area contributed by atoms with Gasteiger partial charge in [0.25, 0.3) is 0 Å². The molecule has 2 aromatic rings. The standard InChI is InChI=1S/C27H30N2O5S/c30-25(29-16-35-15-24(29)26(31)32)13-17-7-1-6-12-23(17)28-27(33)34-14-22-20-10-4-2-8-18(20)19-9-3-5-11-21(19)22/h2-5,8-11,17,22-24H,1,6-7,12-16H2,(H,28,33)(H,31,32). The third-order valence-electron chi connectivity index (χ3n) is 7.48. The molecule has 2 fully saturated rings. The van der Waals surface area contributed by atoms with E-state index in [1.165, 1.54) is 38.9 Å². The van der Waals surface area contributed by atoms with Crippen molar-refractivity contribution in [2.24, 2.45) is 5.92 Å². The van der Waals surface area contributed by atoms with E-state index in [2.05, 4.69) is 29.6 Å². The maximum Gasteiger partial charge on any atom is 0.407 e. The fourth-order valence-corrected chi connectivity index (χ4v) is 6.84. The molecule has 184 valence electrons. The minimum atomic E-state index is -0.958. The van der Waals surface area contributed by atoms with Gasteiger partial charge < -0.3 is 20.1 Å². The molecule has 1 saturated carbocycles. The number of fused-ring (bicyclic) bond motifs is 3. The summed E-state index contributed by atoms with van der Waals surface area (Å²) in [6, 6.07) is 15.5. The number of amides is 2. The molecule has 0 bridgehead atoms. The van der Waals surface area contributed by atoms with Crippen LogP contribution in [0.1, 0.15) is 49.1 Å². The minimum Gasteiger partial charge on any atom is -0.480 e. The first-order valence-corrected chi connectivity index (χ1v) is 13.4. The number of nitrogens with zero attached hydrogens (tertiary/aromatic N) is 1. The number of thioether (sulfide) groups is 1. The van der Waals surface area contributed by atoms with Gasteiger partial charge in [0.05, 0.1) is 5.88 Å². The van der Waals surface area contributed by atoms with E-state index in [0.717, 1.165) is 25.7 Å². The maximum atomic E-state index is 12.9. The van der Waals surface area contributed by atoms with Crippen LogP contribution in [0.15, 0.2) is 48.5 Å². The van der Waals surface area contributed by atoms with Crippen molar-refractivity contribution in [1.82, 2.24) is 10.2 Å². The predicted molar refractivity (Wildman–Crippen MR) is 134 cm³/mol. The van der Waals surface area contributed by atoms with Gasteiger partial charge in [0, 0.05) is 24.1 Å². The monoisotopic (exact) mass is 494 g/mol. The highest BCUT2D eigenvalue weighted by atomic mass is 32.2. The SMILES string of the molecule is O=C(NC1CCCCC1CC(=O)N1CSCC1C(=O)O)OCC1c2ccccc2-c2ccccc21. The van der Waals surface area contributed by atoms with E-state index in [1.807, 2.05) is 24.3 Å². The average Bonchev–Trinajstić information content (AvgIpc) is 3.48. The molecular weight excluding hydrogens is 464 g/mol. The Morgan fingerprint density at radius 1 is 1.00 bits per heavy atom. The summed E-state index contributed by atoms with van der Waals surface area (Å²) >= 11 is 1.46. The van der Waals surface area contributed by atoms with E-state index in [-0.39, 0.29) is 36.8 Å². The maximum absolute atomic E-state index is 12.9. The molecule has 0 spiro atoms. The van der Waals surface area contributed by atoms with E-state index in [0.29, 0.717) is 11.6 Å². The normalized spacial score (nSPS) is 23.4. The van der Waals surface area contributed by atoms with Crippen molar-refractivity contribution in [3.8, 4) is 11.1 Å². The second-order valence-electron chi connectivity index (χ2n) is 9.54. The summed E-state index contributed by atoms with van der Waals surface area (Å²) in [5.74, 6) is -0.289. The summed E-state index contributed by atoms with van der Waals surface area (Å²) in [7, 11) is 0. The number of hydrogen-bond acceptors (Lipinski definition) is 5. The number of rotatable bonds is 6. The van der Waals surface area contributed by atoms with Crippen LogP contribution >= 0.6 is 11.8 Å². The highest BCUT2D eigenvalue weighted by Crippen LogP contribution is 2.44. The lowest BCUT2D eigenvalue weighted by molar-refractivity contribution is -0.148. The molecule has 8 heteroatoms. The van der Waals surface area contributed by atoms with Crippen LogP contribution in [0.5, 0.6) is 0 Å². The Morgan fingerprint density at radius 2 is 1.66 bits per heavy atom. The summed E-state index contributed by atoms with van der Waals surface area (Å²) in [4.78, 5) is 38.6. The second kappa shape index (κ2) is 10.3. The van der Waals surface area contributed by atoms with Gasteiger partial charge in [0.2, 0.25) is 5.91 Å². The number of carbonyl (C=O) groups excluding carboxylic acids is 2. The number of carboxylic acids is 1. The lowest BCUT2D eigenvalue weighted by Gasteiger charge is -2.33. The Morgan fingerprint density at radius 3 is 2.34 bits per heavy atom. The molecule has 3 atom stereocenters. The quantitative estimate of drug-likeness (QED) is 0.616. The number of carboxylic acid groups (broad SMARTS) is 1. The summed E-state index contributed by atoms with van der Waals surface area (Å²) < 4.78 is 5.72. The first-order valence-electron chi connectivity index (χ1n) is 12.2. The van der Waals surface area contributed by atoms with Gasteiger partial charge in [0.1, 0.15) is 12.6 Å². The summed E-state index contributed by atoms with van der Waals surface area (Å²) in [6.45, 7) is 0.251. The Bertz CT molecular complexity index is 1080. The van der Waals surface area contributed by atoms with E-state index >= 15 is 0 Å². The highest BCUT2D eigenvalue weighted by molar-refractivity contribution is 7.99. The molecule has 1 saturated heterocycles. The lowest BCUT2D eigenvalue weighted by atomic mass is 9.82. The smallest absolute Gasteiger partial charge is 0.407 e. The largest absolute Gasteiger partial charge is 0.480 e. The van der Waals surface area contributed by atoms with E-state index in [9.17, 15) is 19.5 Å². The van der Waals surface area contributed by atoms with Crippen LogP contribution in [0.3, 0.4) is 0 Å². The van der Waals surface area contributed by atoms with Crippen molar-refractivity contribution in [3.05, 3.63) is 59.7 Å². The van der Waals surface area contributed by atoms with Gasteiger partial charge in [-0.25, -0.2) is 9.59 Å².